The Kier molecular flexibility index (Phi) is 7.63. The molecule has 2 aromatic rings. The first kappa shape index (κ1) is 20.7. The third kappa shape index (κ3) is 5.97. The van der Waals surface area contributed by atoms with E-state index in [1.54, 1.807) is 38.4 Å². The Morgan fingerprint density at radius 2 is 2.11 bits per heavy atom. The van der Waals surface area contributed by atoms with Crippen LogP contribution >= 0.6 is 22.9 Å². The molecule has 0 fully saturated rings. The average Bonchev–Trinajstić information content (AvgIpc) is 3.15. The Morgan fingerprint density at radius 1 is 1.33 bits per heavy atom. The first-order valence-electron chi connectivity index (χ1n) is 8.08. The lowest BCUT2D eigenvalue weighted by Crippen LogP contribution is -2.27. The van der Waals surface area contributed by atoms with Crippen LogP contribution in [0.4, 0.5) is 0 Å². The summed E-state index contributed by atoms with van der Waals surface area (Å²) in [4.78, 5) is 25.6. The van der Waals surface area contributed by atoms with Crippen molar-refractivity contribution in [1.29, 1.82) is 0 Å². The fourth-order valence-corrected chi connectivity index (χ4v) is 2.84. The number of nitrogens with zero attached hydrogens (tertiary/aromatic N) is 2. The molecule has 0 spiro atoms. The number of ether oxygens (including phenoxy) is 2. The van der Waals surface area contributed by atoms with E-state index < -0.39 is 0 Å². The maximum Gasteiger partial charge on any atom is 0.281 e. The van der Waals surface area contributed by atoms with Crippen LogP contribution in [0.2, 0.25) is 5.02 Å². The number of carbonyl (C=O) groups is 2. The second-order valence-electron chi connectivity index (χ2n) is 5.52. The molecule has 0 radical (unpaired) electrons. The average molecular weight is 410 g/mol. The van der Waals surface area contributed by atoms with E-state index in [9.17, 15) is 9.59 Å². The maximum atomic E-state index is 11.9. The molecule has 2 rings (SSSR count). The van der Waals surface area contributed by atoms with E-state index in [1.165, 1.54) is 22.5 Å². The van der Waals surface area contributed by atoms with Crippen molar-refractivity contribution in [1.82, 2.24) is 10.3 Å². The van der Waals surface area contributed by atoms with E-state index in [-0.39, 0.29) is 29.2 Å². The number of carbonyl (C=O) groups excluding carboxylic acids is 2. The predicted octanol–water partition coefficient (Wildman–Crippen LogP) is 3.03. The van der Waals surface area contributed by atoms with Gasteiger partial charge < -0.3 is 14.4 Å². The SMILES string of the molecule is CCOc1cc(/C=N\NC(=O)c2cccs2)cc(Cl)c1OCC(=O)N(C)C. The van der Waals surface area contributed by atoms with E-state index in [2.05, 4.69) is 10.5 Å². The molecule has 144 valence electrons. The zero-order chi connectivity index (χ0) is 19.8. The van der Waals surface area contributed by atoms with Gasteiger partial charge in [0.2, 0.25) is 0 Å². The standard InChI is InChI=1S/C18H20ClN3O4S/c1-4-25-14-9-12(10-20-21-18(24)15-6-5-7-27-15)8-13(19)17(14)26-11-16(23)22(2)3/h5-10H,4,11H2,1-3H3,(H,21,24)/b20-10-. The molecular formula is C18H20ClN3O4S. The Hall–Kier alpha value is -2.58. The van der Waals surface area contributed by atoms with Gasteiger partial charge in [-0.2, -0.15) is 5.10 Å². The van der Waals surface area contributed by atoms with Gasteiger partial charge in [0.25, 0.3) is 11.8 Å². The van der Waals surface area contributed by atoms with E-state index in [4.69, 9.17) is 21.1 Å². The van der Waals surface area contributed by atoms with Crippen LogP contribution in [0.3, 0.4) is 0 Å². The van der Waals surface area contributed by atoms with Crippen molar-refractivity contribution in [3.8, 4) is 11.5 Å². The molecule has 1 N–H and O–H groups in total. The highest BCUT2D eigenvalue weighted by atomic mass is 35.5. The minimum atomic E-state index is -0.292. The quantitative estimate of drug-likeness (QED) is 0.536. The highest BCUT2D eigenvalue weighted by Gasteiger charge is 2.15. The van der Waals surface area contributed by atoms with Gasteiger partial charge in [0.05, 0.1) is 22.7 Å². The van der Waals surface area contributed by atoms with Crippen LogP contribution in [0.15, 0.2) is 34.7 Å². The summed E-state index contributed by atoms with van der Waals surface area (Å²) in [7, 11) is 3.28. The number of benzene rings is 1. The fourth-order valence-electron chi connectivity index (χ4n) is 1.96. The van der Waals surface area contributed by atoms with Gasteiger partial charge in [-0.25, -0.2) is 5.43 Å². The summed E-state index contributed by atoms with van der Waals surface area (Å²) < 4.78 is 11.1. The van der Waals surface area contributed by atoms with Gasteiger partial charge in [-0.15, -0.1) is 11.3 Å². The van der Waals surface area contributed by atoms with Crippen molar-refractivity contribution >= 4 is 41.0 Å². The van der Waals surface area contributed by atoms with E-state index >= 15 is 0 Å². The first-order valence-corrected chi connectivity index (χ1v) is 9.34. The summed E-state index contributed by atoms with van der Waals surface area (Å²) in [5.74, 6) is 0.186. The van der Waals surface area contributed by atoms with Gasteiger partial charge >= 0.3 is 0 Å². The van der Waals surface area contributed by atoms with Gasteiger partial charge in [-0.1, -0.05) is 17.7 Å². The fraction of sp³-hybridized carbons (Fsp3) is 0.278. The van der Waals surface area contributed by atoms with Crippen molar-refractivity contribution in [2.24, 2.45) is 5.10 Å². The van der Waals surface area contributed by atoms with Crippen molar-refractivity contribution < 1.29 is 19.1 Å². The summed E-state index contributed by atoms with van der Waals surface area (Å²) in [6, 6.07) is 6.78. The van der Waals surface area contributed by atoms with E-state index in [0.29, 0.717) is 22.8 Å². The van der Waals surface area contributed by atoms with Crippen LogP contribution in [0.5, 0.6) is 11.5 Å². The second-order valence-corrected chi connectivity index (χ2v) is 6.87. The normalized spacial score (nSPS) is 10.7. The Morgan fingerprint density at radius 3 is 2.74 bits per heavy atom. The number of thiophene rings is 1. The first-order chi connectivity index (χ1) is 12.9. The third-order valence-electron chi connectivity index (χ3n) is 3.30. The molecule has 1 aromatic carbocycles. The summed E-state index contributed by atoms with van der Waals surface area (Å²) >= 11 is 7.60. The van der Waals surface area contributed by atoms with Crippen LogP contribution in [-0.4, -0.2) is 50.2 Å². The smallest absolute Gasteiger partial charge is 0.281 e. The lowest BCUT2D eigenvalue weighted by molar-refractivity contribution is -0.130. The summed E-state index contributed by atoms with van der Waals surface area (Å²) in [5.41, 5.74) is 3.06. The molecule has 0 aliphatic carbocycles. The summed E-state index contributed by atoms with van der Waals surface area (Å²) in [6.45, 7) is 2.06. The van der Waals surface area contributed by atoms with Gasteiger partial charge in [0, 0.05) is 14.1 Å². The molecule has 0 unspecified atom stereocenters. The number of hydrazone groups is 1. The summed E-state index contributed by atoms with van der Waals surface area (Å²) in [6.07, 6.45) is 1.45. The summed E-state index contributed by atoms with van der Waals surface area (Å²) in [5, 5.41) is 6.02. The molecule has 2 amide bonds. The van der Waals surface area contributed by atoms with Crippen LogP contribution in [0.1, 0.15) is 22.2 Å². The molecule has 0 saturated heterocycles. The number of rotatable bonds is 8. The van der Waals surface area contributed by atoms with Crippen LogP contribution in [0, 0.1) is 0 Å². The molecule has 7 nitrogen and oxygen atoms in total. The largest absolute Gasteiger partial charge is 0.490 e. The van der Waals surface area contributed by atoms with Crippen molar-refractivity contribution in [3.05, 3.63) is 45.1 Å². The lowest BCUT2D eigenvalue weighted by atomic mass is 10.2. The number of hydrogen-bond donors (Lipinski definition) is 1. The Bertz CT molecular complexity index is 822. The molecule has 9 heteroatoms. The zero-order valence-corrected chi connectivity index (χ0v) is 16.8. The topological polar surface area (TPSA) is 80.2 Å². The molecule has 27 heavy (non-hydrogen) atoms. The van der Waals surface area contributed by atoms with Crippen molar-refractivity contribution in [2.75, 3.05) is 27.3 Å². The second kappa shape index (κ2) is 9.94. The minimum Gasteiger partial charge on any atom is -0.490 e. The predicted molar refractivity (Wildman–Crippen MR) is 106 cm³/mol. The number of amides is 2. The minimum absolute atomic E-state index is 0.156. The molecule has 0 atom stereocenters. The third-order valence-corrected chi connectivity index (χ3v) is 4.44. The Balaban J connectivity index is 2.12. The molecule has 0 aliphatic rings. The maximum absolute atomic E-state index is 11.9. The lowest BCUT2D eigenvalue weighted by Gasteiger charge is -2.16. The number of halogens is 1. The molecule has 0 saturated carbocycles. The van der Waals surface area contributed by atoms with E-state index in [1.807, 2.05) is 12.3 Å². The highest BCUT2D eigenvalue weighted by molar-refractivity contribution is 7.12. The van der Waals surface area contributed by atoms with Gasteiger partial charge in [0.15, 0.2) is 18.1 Å². The van der Waals surface area contributed by atoms with Crippen LogP contribution in [-0.2, 0) is 4.79 Å². The molecule has 1 aromatic heterocycles. The molecule has 1 heterocycles. The van der Waals surface area contributed by atoms with Crippen molar-refractivity contribution in [2.45, 2.75) is 6.92 Å². The van der Waals surface area contributed by atoms with Gasteiger partial charge in [0.1, 0.15) is 0 Å². The zero-order valence-electron chi connectivity index (χ0n) is 15.2. The van der Waals surface area contributed by atoms with Gasteiger partial charge in [-0.3, -0.25) is 9.59 Å². The van der Waals surface area contributed by atoms with E-state index in [0.717, 1.165) is 0 Å². The molecular weight excluding hydrogens is 390 g/mol. The molecule has 0 aliphatic heterocycles. The number of nitrogens with one attached hydrogen (secondary N) is 1. The van der Waals surface area contributed by atoms with Crippen LogP contribution < -0.4 is 14.9 Å². The molecule has 0 bridgehead atoms. The number of hydrogen-bond acceptors (Lipinski definition) is 6. The van der Waals surface area contributed by atoms with Gasteiger partial charge in [-0.05, 0) is 36.1 Å². The van der Waals surface area contributed by atoms with Crippen LogP contribution in [0.25, 0.3) is 0 Å². The highest BCUT2D eigenvalue weighted by Crippen LogP contribution is 2.36. The monoisotopic (exact) mass is 409 g/mol. The number of likely N-dealkylation sites (N-methyl/N-ethyl adjacent to an activating group) is 1. The Labute approximate surface area is 166 Å². The van der Waals surface area contributed by atoms with Crippen molar-refractivity contribution in [3.63, 3.8) is 0 Å².